The molecule has 0 aliphatic carbocycles. The van der Waals surface area contributed by atoms with Gasteiger partial charge in [0.05, 0.1) is 12.6 Å². The minimum atomic E-state index is -0.119. The van der Waals surface area contributed by atoms with Gasteiger partial charge in [-0.3, -0.25) is 10.1 Å². The highest BCUT2D eigenvalue weighted by molar-refractivity contribution is 5.92. The Morgan fingerprint density at radius 1 is 0.929 bits per heavy atom. The molecule has 1 aliphatic heterocycles. The average molecular weight is 374 g/mol. The highest BCUT2D eigenvalue weighted by Crippen LogP contribution is 2.34. The van der Waals surface area contributed by atoms with E-state index in [9.17, 15) is 4.79 Å². The van der Waals surface area contributed by atoms with Gasteiger partial charge in [0.2, 0.25) is 12.7 Å². The maximum atomic E-state index is 12.5. The van der Waals surface area contributed by atoms with Crippen LogP contribution in [0.5, 0.6) is 11.5 Å². The van der Waals surface area contributed by atoms with Gasteiger partial charge >= 0.3 is 0 Å². The summed E-state index contributed by atoms with van der Waals surface area (Å²) in [6, 6.07) is 23.8. The highest BCUT2D eigenvalue weighted by Gasteiger charge is 2.17. The third-order valence-corrected chi connectivity index (χ3v) is 4.67. The predicted octanol–water partition coefficient (Wildman–Crippen LogP) is 4.04. The van der Waals surface area contributed by atoms with Crippen molar-refractivity contribution in [2.75, 3.05) is 18.7 Å². The first-order valence-electron chi connectivity index (χ1n) is 9.23. The van der Waals surface area contributed by atoms with Gasteiger partial charge in [-0.1, -0.05) is 60.2 Å². The molecule has 3 aromatic carbocycles. The van der Waals surface area contributed by atoms with E-state index in [0.29, 0.717) is 17.2 Å². The van der Waals surface area contributed by atoms with Gasteiger partial charge in [-0.25, -0.2) is 0 Å². The van der Waals surface area contributed by atoms with Crippen molar-refractivity contribution in [3.05, 3.63) is 89.5 Å². The number of ether oxygens (including phenoxy) is 2. The molecule has 0 unspecified atom stereocenters. The normalized spacial score (nSPS) is 13.2. The first-order valence-corrected chi connectivity index (χ1v) is 9.23. The topological polar surface area (TPSA) is 59.6 Å². The van der Waals surface area contributed by atoms with Crippen LogP contribution in [0, 0.1) is 6.92 Å². The number of carbonyl (C=O) groups is 1. The van der Waals surface area contributed by atoms with Crippen LogP contribution < -0.4 is 20.1 Å². The molecule has 2 N–H and O–H groups in total. The number of rotatable bonds is 6. The molecule has 0 radical (unpaired) electrons. The Bertz CT molecular complexity index is 955. The zero-order chi connectivity index (χ0) is 19.3. The zero-order valence-electron chi connectivity index (χ0n) is 15.6. The number of carbonyl (C=O) groups excluding carboxylic acids is 1. The average Bonchev–Trinajstić information content (AvgIpc) is 3.18. The molecular formula is C23H22N2O3. The molecule has 28 heavy (non-hydrogen) atoms. The monoisotopic (exact) mass is 374 g/mol. The molecule has 3 aromatic rings. The molecule has 1 amide bonds. The first kappa shape index (κ1) is 18.1. The molecule has 0 saturated heterocycles. The fourth-order valence-electron chi connectivity index (χ4n) is 3.21. The van der Waals surface area contributed by atoms with Crippen LogP contribution in [-0.2, 0) is 4.79 Å². The van der Waals surface area contributed by atoms with Gasteiger partial charge in [0, 0.05) is 11.8 Å². The van der Waals surface area contributed by atoms with Gasteiger partial charge in [0.15, 0.2) is 11.5 Å². The minimum Gasteiger partial charge on any atom is -0.454 e. The molecule has 5 heteroatoms. The van der Waals surface area contributed by atoms with E-state index in [4.69, 9.17) is 9.47 Å². The second-order valence-corrected chi connectivity index (χ2v) is 6.75. The Labute approximate surface area is 164 Å². The molecular weight excluding hydrogens is 352 g/mol. The van der Waals surface area contributed by atoms with Crippen LogP contribution in [0.15, 0.2) is 72.8 Å². The van der Waals surface area contributed by atoms with Crippen LogP contribution in [0.4, 0.5) is 5.69 Å². The van der Waals surface area contributed by atoms with Crippen molar-refractivity contribution in [1.82, 2.24) is 5.32 Å². The summed E-state index contributed by atoms with van der Waals surface area (Å²) in [7, 11) is 0. The van der Waals surface area contributed by atoms with Crippen LogP contribution in [0.3, 0.4) is 0 Å². The molecule has 1 atom stereocenters. The lowest BCUT2D eigenvalue weighted by Gasteiger charge is -2.20. The van der Waals surface area contributed by atoms with Gasteiger partial charge in [0.25, 0.3) is 0 Å². The lowest BCUT2D eigenvalue weighted by Crippen LogP contribution is -2.31. The number of benzene rings is 3. The van der Waals surface area contributed by atoms with Crippen LogP contribution in [0.25, 0.3) is 0 Å². The summed E-state index contributed by atoms with van der Waals surface area (Å²) in [6.45, 7) is 2.46. The van der Waals surface area contributed by atoms with Crippen LogP contribution in [0.1, 0.15) is 22.7 Å². The summed E-state index contributed by atoms with van der Waals surface area (Å²) in [5, 5.41) is 6.28. The van der Waals surface area contributed by atoms with E-state index in [2.05, 4.69) is 54.0 Å². The molecule has 0 spiro atoms. The number of nitrogens with one attached hydrogen (secondary N) is 2. The number of hydrogen-bond donors (Lipinski definition) is 2. The molecule has 142 valence electrons. The second-order valence-electron chi connectivity index (χ2n) is 6.75. The van der Waals surface area contributed by atoms with E-state index >= 15 is 0 Å². The molecule has 4 rings (SSSR count). The molecule has 1 heterocycles. The third kappa shape index (κ3) is 4.15. The minimum absolute atomic E-state index is 0.0655. The summed E-state index contributed by atoms with van der Waals surface area (Å²) < 4.78 is 10.7. The van der Waals surface area contributed by atoms with Crippen LogP contribution in [-0.4, -0.2) is 19.2 Å². The largest absolute Gasteiger partial charge is 0.454 e. The Hall–Kier alpha value is -3.31. The number of fused-ring (bicyclic) bond motifs is 1. The van der Waals surface area contributed by atoms with Crippen molar-refractivity contribution in [3.63, 3.8) is 0 Å². The van der Waals surface area contributed by atoms with Crippen molar-refractivity contribution >= 4 is 11.6 Å². The summed E-state index contributed by atoms with van der Waals surface area (Å²) >= 11 is 0. The van der Waals surface area contributed by atoms with Crippen molar-refractivity contribution in [2.24, 2.45) is 0 Å². The fourth-order valence-corrected chi connectivity index (χ4v) is 3.21. The van der Waals surface area contributed by atoms with Gasteiger partial charge in [-0.15, -0.1) is 0 Å². The number of aryl methyl sites for hydroxylation is 1. The maximum Gasteiger partial charge on any atom is 0.238 e. The molecule has 0 bridgehead atoms. The summed E-state index contributed by atoms with van der Waals surface area (Å²) in [5.74, 6) is 1.22. The Morgan fingerprint density at radius 3 is 2.43 bits per heavy atom. The van der Waals surface area contributed by atoms with E-state index in [1.807, 2.05) is 18.2 Å². The van der Waals surface area contributed by atoms with Crippen LogP contribution in [0.2, 0.25) is 0 Å². The van der Waals surface area contributed by atoms with E-state index in [0.717, 1.165) is 11.1 Å². The Kier molecular flexibility index (Phi) is 5.26. The van der Waals surface area contributed by atoms with Gasteiger partial charge in [0.1, 0.15) is 0 Å². The Morgan fingerprint density at radius 2 is 1.64 bits per heavy atom. The molecule has 0 aromatic heterocycles. The second kappa shape index (κ2) is 8.15. The van der Waals surface area contributed by atoms with Gasteiger partial charge in [-0.05, 0) is 30.2 Å². The van der Waals surface area contributed by atoms with E-state index in [1.54, 1.807) is 18.2 Å². The van der Waals surface area contributed by atoms with Gasteiger partial charge in [-0.2, -0.15) is 0 Å². The van der Waals surface area contributed by atoms with Crippen molar-refractivity contribution in [1.29, 1.82) is 0 Å². The van der Waals surface area contributed by atoms with Crippen molar-refractivity contribution < 1.29 is 14.3 Å². The SMILES string of the molecule is Cc1ccc([C@@H](NCC(=O)Nc2ccc3c(c2)OCO3)c2ccccc2)cc1. The molecule has 1 aliphatic rings. The molecule has 5 nitrogen and oxygen atoms in total. The highest BCUT2D eigenvalue weighted by atomic mass is 16.7. The number of anilines is 1. The lowest BCUT2D eigenvalue weighted by molar-refractivity contribution is -0.115. The predicted molar refractivity (Wildman–Crippen MR) is 109 cm³/mol. The summed E-state index contributed by atoms with van der Waals surface area (Å²) in [5.41, 5.74) is 4.12. The van der Waals surface area contributed by atoms with E-state index in [1.165, 1.54) is 5.56 Å². The smallest absolute Gasteiger partial charge is 0.238 e. The van der Waals surface area contributed by atoms with Gasteiger partial charge < -0.3 is 14.8 Å². The van der Waals surface area contributed by atoms with Crippen molar-refractivity contribution in [2.45, 2.75) is 13.0 Å². The van der Waals surface area contributed by atoms with Crippen LogP contribution >= 0.6 is 0 Å². The van der Waals surface area contributed by atoms with Crippen molar-refractivity contribution in [3.8, 4) is 11.5 Å². The van der Waals surface area contributed by atoms with E-state index < -0.39 is 0 Å². The summed E-state index contributed by atoms with van der Waals surface area (Å²) in [6.07, 6.45) is 0. The summed E-state index contributed by atoms with van der Waals surface area (Å²) in [4.78, 5) is 12.5. The first-order chi connectivity index (χ1) is 13.7. The molecule has 0 fully saturated rings. The molecule has 0 saturated carbocycles. The standard InChI is InChI=1S/C23H22N2O3/c1-16-7-9-18(10-8-16)23(17-5-3-2-4-6-17)24-14-22(26)25-19-11-12-20-21(13-19)28-15-27-20/h2-13,23-24H,14-15H2,1H3,(H,25,26)/t23-/m0/s1. The lowest BCUT2D eigenvalue weighted by atomic mass is 9.98. The number of amides is 1. The third-order valence-electron chi connectivity index (χ3n) is 4.67. The maximum absolute atomic E-state index is 12.5. The fraction of sp³-hybridized carbons (Fsp3) is 0.174. The van der Waals surface area contributed by atoms with E-state index in [-0.39, 0.29) is 25.3 Å². The quantitative estimate of drug-likeness (QED) is 0.684. The number of hydrogen-bond acceptors (Lipinski definition) is 4. The Balaban J connectivity index is 1.45. The zero-order valence-corrected chi connectivity index (χ0v) is 15.6.